The average molecular weight is 300 g/mol. The number of aromatic nitrogens is 2. The van der Waals surface area contributed by atoms with Gasteiger partial charge in [-0.3, -0.25) is 4.79 Å². The average Bonchev–Trinajstić information content (AvgIpc) is 2.95. The number of hydrogen-bond donors (Lipinski definition) is 2. The van der Waals surface area contributed by atoms with Crippen LogP contribution in [0.25, 0.3) is 0 Å². The van der Waals surface area contributed by atoms with E-state index < -0.39 is 0 Å². The number of carbonyl (C=O) groups is 1. The molecule has 1 fully saturated rings. The molecule has 1 aliphatic carbocycles. The predicted molar refractivity (Wildman–Crippen MR) is 83.8 cm³/mol. The van der Waals surface area contributed by atoms with Gasteiger partial charge in [-0.15, -0.1) is 10.2 Å². The second-order valence-electron chi connectivity index (χ2n) is 5.57. The Morgan fingerprint density at radius 1 is 1.05 bits per heavy atom. The van der Waals surface area contributed by atoms with Crippen LogP contribution in [0.1, 0.15) is 49.1 Å². The van der Waals surface area contributed by atoms with E-state index in [0.29, 0.717) is 11.9 Å². The van der Waals surface area contributed by atoms with Crippen LogP contribution < -0.4 is 10.6 Å². The molecule has 116 valence electrons. The third-order valence-corrected chi connectivity index (χ3v) is 3.86. The number of nitrogens with zero attached hydrogens (tertiary/aromatic N) is 2. The van der Waals surface area contributed by atoms with Crippen LogP contribution in [0.2, 0.25) is 0 Å². The molecule has 0 radical (unpaired) electrons. The Morgan fingerprint density at radius 2 is 1.77 bits per heavy atom. The molecule has 2 aromatic rings. The van der Waals surface area contributed by atoms with Crippen LogP contribution >= 0.6 is 0 Å². The fourth-order valence-electron chi connectivity index (χ4n) is 2.69. The highest BCUT2D eigenvalue weighted by atomic mass is 16.3. The molecule has 2 heterocycles. The minimum atomic E-state index is -0.330. The van der Waals surface area contributed by atoms with Gasteiger partial charge in [0.05, 0.1) is 6.26 Å². The van der Waals surface area contributed by atoms with Crippen LogP contribution in [0, 0.1) is 0 Å². The first kappa shape index (κ1) is 14.6. The molecule has 0 spiro atoms. The second kappa shape index (κ2) is 7.06. The Labute approximate surface area is 129 Å². The van der Waals surface area contributed by atoms with Crippen LogP contribution in [0.3, 0.4) is 0 Å². The molecule has 0 unspecified atom stereocenters. The Bertz CT molecular complexity index is 587. The topological polar surface area (TPSA) is 80.0 Å². The third-order valence-electron chi connectivity index (χ3n) is 3.86. The van der Waals surface area contributed by atoms with E-state index in [4.69, 9.17) is 4.42 Å². The maximum Gasteiger partial charge on any atom is 0.292 e. The van der Waals surface area contributed by atoms with Crippen LogP contribution in [0.5, 0.6) is 0 Å². The van der Waals surface area contributed by atoms with Crippen molar-refractivity contribution in [1.82, 2.24) is 10.2 Å². The quantitative estimate of drug-likeness (QED) is 0.845. The molecule has 1 saturated carbocycles. The number of carbonyl (C=O) groups excluding carboxylic acids is 1. The van der Waals surface area contributed by atoms with Crippen molar-refractivity contribution in [3.63, 3.8) is 0 Å². The first-order valence-electron chi connectivity index (χ1n) is 7.76. The van der Waals surface area contributed by atoms with Gasteiger partial charge in [-0.1, -0.05) is 25.7 Å². The lowest BCUT2D eigenvalue weighted by atomic mass is 10.1. The maximum atomic E-state index is 11.8. The van der Waals surface area contributed by atoms with Crippen molar-refractivity contribution < 1.29 is 9.21 Å². The van der Waals surface area contributed by atoms with Crippen molar-refractivity contribution >= 4 is 17.5 Å². The van der Waals surface area contributed by atoms with Crippen LogP contribution in [-0.2, 0) is 0 Å². The van der Waals surface area contributed by atoms with E-state index in [0.717, 1.165) is 5.82 Å². The second-order valence-corrected chi connectivity index (χ2v) is 5.57. The number of furan rings is 1. The smallest absolute Gasteiger partial charge is 0.292 e. The predicted octanol–water partition coefficient (Wildman–Crippen LogP) is 3.46. The molecule has 2 N–H and O–H groups in total. The zero-order valence-electron chi connectivity index (χ0n) is 12.4. The van der Waals surface area contributed by atoms with Gasteiger partial charge in [-0.25, -0.2) is 0 Å². The van der Waals surface area contributed by atoms with E-state index in [1.165, 1.54) is 44.8 Å². The van der Waals surface area contributed by atoms with Gasteiger partial charge in [0.2, 0.25) is 0 Å². The van der Waals surface area contributed by atoms with E-state index in [1.54, 1.807) is 18.2 Å². The van der Waals surface area contributed by atoms with Crippen LogP contribution in [0.15, 0.2) is 34.9 Å². The summed E-state index contributed by atoms with van der Waals surface area (Å²) in [6.45, 7) is 0. The summed E-state index contributed by atoms with van der Waals surface area (Å²) >= 11 is 0. The third kappa shape index (κ3) is 3.84. The van der Waals surface area contributed by atoms with Crippen molar-refractivity contribution in [3.8, 4) is 0 Å². The van der Waals surface area contributed by atoms with Gasteiger partial charge in [0, 0.05) is 6.04 Å². The van der Waals surface area contributed by atoms with E-state index >= 15 is 0 Å². The number of amides is 1. The Balaban J connectivity index is 1.56. The van der Waals surface area contributed by atoms with E-state index in [-0.39, 0.29) is 11.7 Å². The molecule has 0 saturated heterocycles. The van der Waals surface area contributed by atoms with Gasteiger partial charge in [0.15, 0.2) is 11.6 Å². The highest BCUT2D eigenvalue weighted by molar-refractivity contribution is 6.01. The fraction of sp³-hybridized carbons (Fsp3) is 0.438. The van der Waals surface area contributed by atoms with Gasteiger partial charge >= 0.3 is 0 Å². The lowest BCUT2D eigenvalue weighted by molar-refractivity contribution is 0.0996. The molecule has 3 rings (SSSR count). The summed E-state index contributed by atoms with van der Waals surface area (Å²) in [5.41, 5.74) is 0. The lowest BCUT2D eigenvalue weighted by Gasteiger charge is -2.16. The van der Waals surface area contributed by atoms with Crippen molar-refractivity contribution in [3.05, 3.63) is 36.3 Å². The summed E-state index contributed by atoms with van der Waals surface area (Å²) in [4.78, 5) is 11.8. The molecule has 1 aliphatic rings. The minimum Gasteiger partial charge on any atom is -0.459 e. The number of nitrogens with one attached hydrogen (secondary N) is 2. The zero-order chi connectivity index (χ0) is 15.2. The first-order valence-corrected chi connectivity index (χ1v) is 7.76. The Hall–Kier alpha value is -2.37. The molecule has 0 atom stereocenters. The molecule has 22 heavy (non-hydrogen) atoms. The zero-order valence-corrected chi connectivity index (χ0v) is 12.4. The fourth-order valence-corrected chi connectivity index (χ4v) is 2.69. The number of hydrogen-bond acceptors (Lipinski definition) is 5. The molecule has 6 nitrogen and oxygen atoms in total. The molecular formula is C16H20N4O2. The summed E-state index contributed by atoms with van der Waals surface area (Å²) in [6, 6.07) is 7.33. The van der Waals surface area contributed by atoms with Crippen LogP contribution in [0.4, 0.5) is 11.6 Å². The normalized spacial score (nSPS) is 16.0. The van der Waals surface area contributed by atoms with Gasteiger partial charge in [-0.05, 0) is 37.1 Å². The SMILES string of the molecule is O=C(Nc1ccc(NC2CCCCCC2)nn1)c1ccco1. The molecular weight excluding hydrogens is 280 g/mol. The Kier molecular flexibility index (Phi) is 4.68. The van der Waals surface area contributed by atoms with Gasteiger partial charge in [0.25, 0.3) is 5.91 Å². The molecule has 1 amide bonds. The van der Waals surface area contributed by atoms with Crippen molar-refractivity contribution in [2.24, 2.45) is 0 Å². The summed E-state index contributed by atoms with van der Waals surface area (Å²) in [5.74, 6) is 1.09. The van der Waals surface area contributed by atoms with Crippen molar-refractivity contribution in [1.29, 1.82) is 0 Å². The monoisotopic (exact) mass is 300 g/mol. The number of anilines is 2. The minimum absolute atomic E-state index is 0.252. The van der Waals surface area contributed by atoms with Crippen molar-refractivity contribution in [2.75, 3.05) is 10.6 Å². The van der Waals surface area contributed by atoms with E-state index in [2.05, 4.69) is 20.8 Å². The summed E-state index contributed by atoms with van der Waals surface area (Å²) < 4.78 is 5.03. The highest BCUT2D eigenvalue weighted by Gasteiger charge is 2.13. The Morgan fingerprint density at radius 3 is 2.41 bits per heavy atom. The summed E-state index contributed by atoms with van der Waals surface area (Å²) in [6.07, 6.45) is 8.99. The first-order chi connectivity index (χ1) is 10.8. The molecule has 0 aromatic carbocycles. The highest BCUT2D eigenvalue weighted by Crippen LogP contribution is 2.20. The number of rotatable bonds is 4. The van der Waals surface area contributed by atoms with Gasteiger partial charge < -0.3 is 15.1 Å². The molecule has 6 heteroatoms. The maximum absolute atomic E-state index is 11.8. The van der Waals surface area contributed by atoms with E-state index in [9.17, 15) is 4.79 Å². The van der Waals surface area contributed by atoms with E-state index in [1.807, 2.05) is 6.07 Å². The van der Waals surface area contributed by atoms with Gasteiger partial charge in [0.1, 0.15) is 5.82 Å². The summed E-state index contributed by atoms with van der Waals surface area (Å²) in [7, 11) is 0. The largest absolute Gasteiger partial charge is 0.459 e. The molecule has 0 bridgehead atoms. The van der Waals surface area contributed by atoms with Crippen molar-refractivity contribution in [2.45, 2.75) is 44.6 Å². The molecule has 2 aromatic heterocycles. The lowest BCUT2D eigenvalue weighted by Crippen LogP contribution is -2.19. The standard InChI is InChI=1S/C16H20N4O2/c21-16(13-8-5-11-22-13)18-15-10-9-14(19-20-15)17-12-6-3-1-2-4-7-12/h5,8-12H,1-4,6-7H2,(H,17,19)(H,18,20,21). The molecule has 0 aliphatic heterocycles. The van der Waals surface area contributed by atoms with Gasteiger partial charge in [-0.2, -0.15) is 0 Å². The van der Waals surface area contributed by atoms with Crippen LogP contribution in [-0.4, -0.2) is 22.1 Å². The summed E-state index contributed by atoms with van der Waals surface area (Å²) in [5, 5.41) is 14.2.